The molecule has 1 aromatic carbocycles. The van der Waals surface area contributed by atoms with Crippen LogP contribution in [0.25, 0.3) is 10.2 Å². The molecule has 2 nitrogen and oxygen atoms in total. The quantitative estimate of drug-likeness (QED) is 0.882. The van der Waals surface area contributed by atoms with Crippen LogP contribution in [0, 0.1) is 17.7 Å². The summed E-state index contributed by atoms with van der Waals surface area (Å²) >= 11 is 1.61. The highest BCUT2D eigenvalue weighted by atomic mass is 32.1. The fraction of sp³-hybridized carbons (Fsp3) is 0.533. The summed E-state index contributed by atoms with van der Waals surface area (Å²) in [6.07, 6.45) is 3.77. The Morgan fingerprint density at radius 3 is 3.00 bits per heavy atom. The Labute approximate surface area is 117 Å². The van der Waals surface area contributed by atoms with Crippen molar-refractivity contribution in [3.63, 3.8) is 0 Å². The molecule has 3 atom stereocenters. The molecule has 3 rings (SSSR count). The van der Waals surface area contributed by atoms with Crippen molar-refractivity contribution in [2.45, 2.75) is 39.2 Å². The minimum Gasteiger partial charge on any atom is -0.358 e. The second-order valence-corrected chi connectivity index (χ2v) is 6.52. The molecule has 1 N–H and O–H groups in total. The van der Waals surface area contributed by atoms with Gasteiger partial charge in [0.05, 0.1) is 10.2 Å². The minimum atomic E-state index is -0.218. The molecular formula is C15H19FN2S. The summed E-state index contributed by atoms with van der Waals surface area (Å²) in [7, 11) is 0. The summed E-state index contributed by atoms with van der Waals surface area (Å²) < 4.78 is 14.2. The first kappa shape index (κ1) is 12.9. The smallest absolute Gasteiger partial charge is 0.184 e. The van der Waals surface area contributed by atoms with Crippen LogP contribution >= 0.6 is 11.3 Å². The van der Waals surface area contributed by atoms with E-state index in [1.54, 1.807) is 17.4 Å². The van der Waals surface area contributed by atoms with E-state index in [1.165, 1.54) is 31.4 Å². The molecule has 1 aromatic heterocycles. The molecular weight excluding hydrogens is 259 g/mol. The number of nitrogens with one attached hydrogen (secondary N) is 1. The molecule has 2 aromatic rings. The number of benzene rings is 1. The Kier molecular flexibility index (Phi) is 3.44. The number of nitrogens with zero attached hydrogens (tertiary/aromatic N) is 1. The maximum Gasteiger partial charge on any atom is 0.184 e. The van der Waals surface area contributed by atoms with Crippen LogP contribution in [0.2, 0.25) is 0 Å². The Morgan fingerprint density at radius 1 is 1.42 bits per heavy atom. The van der Waals surface area contributed by atoms with E-state index in [0.717, 1.165) is 21.3 Å². The number of thiazole rings is 1. The fourth-order valence-corrected chi connectivity index (χ4v) is 4.06. The monoisotopic (exact) mass is 278 g/mol. The second kappa shape index (κ2) is 5.08. The summed E-state index contributed by atoms with van der Waals surface area (Å²) in [6, 6.07) is 5.32. The second-order valence-electron chi connectivity index (χ2n) is 5.49. The van der Waals surface area contributed by atoms with Crippen molar-refractivity contribution in [2.24, 2.45) is 11.8 Å². The van der Waals surface area contributed by atoms with Crippen LogP contribution in [0.4, 0.5) is 9.52 Å². The van der Waals surface area contributed by atoms with Crippen molar-refractivity contribution in [3.8, 4) is 0 Å². The molecule has 0 aliphatic heterocycles. The molecule has 1 heterocycles. The molecule has 0 saturated heterocycles. The number of rotatable bonds is 3. The van der Waals surface area contributed by atoms with E-state index in [4.69, 9.17) is 0 Å². The zero-order valence-corrected chi connectivity index (χ0v) is 12.1. The largest absolute Gasteiger partial charge is 0.358 e. The van der Waals surface area contributed by atoms with E-state index in [-0.39, 0.29) is 5.82 Å². The molecule has 102 valence electrons. The Bertz CT molecular complexity index is 581. The highest BCUT2D eigenvalue weighted by molar-refractivity contribution is 7.22. The van der Waals surface area contributed by atoms with Crippen LogP contribution in [0.1, 0.15) is 33.1 Å². The van der Waals surface area contributed by atoms with Gasteiger partial charge in [-0.15, -0.1) is 0 Å². The van der Waals surface area contributed by atoms with Crippen molar-refractivity contribution in [2.75, 3.05) is 5.32 Å². The molecule has 4 heteroatoms. The van der Waals surface area contributed by atoms with E-state index in [0.29, 0.717) is 12.0 Å². The molecule has 1 aliphatic rings. The van der Waals surface area contributed by atoms with Gasteiger partial charge in [0.2, 0.25) is 0 Å². The van der Waals surface area contributed by atoms with Crippen molar-refractivity contribution in [3.05, 3.63) is 24.0 Å². The van der Waals surface area contributed by atoms with Crippen LogP contribution in [0.15, 0.2) is 18.2 Å². The predicted molar refractivity (Wildman–Crippen MR) is 79.2 cm³/mol. The topological polar surface area (TPSA) is 24.9 Å². The Hall–Kier alpha value is -1.16. The van der Waals surface area contributed by atoms with Crippen molar-refractivity contribution < 1.29 is 4.39 Å². The average molecular weight is 278 g/mol. The maximum atomic E-state index is 13.2. The van der Waals surface area contributed by atoms with Crippen LogP contribution in [0.5, 0.6) is 0 Å². The van der Waals surface area contributed by atoms with Gasteiger partial charge in [-0.3, -0.25) is 0 Å². The van der Waals surface area contributed by atoms with Crippen molar-refractivity contribution >= 4 is 26.7 Å². The SMILES string of the molecule is CCC1CCC(Nc2nc3cc(F)ccc3s2)C1C. The molecule has 1 aliphatic carbocycles. The first-order valence-corrected chi connectivity index (χ1v) is 7.81. The molecule has 0 radical (unpaired) electrons. The van der Waals surface area contributed by atoms with E-state index in [9.17, 15) is 4.39 Å². The number of anilines is 1. The standard InChI is InChI=1S/C15H19FN2S/c1-3-10-4-6-12(9(10)2)17-15-18-13-8-11(16)5-7-14(13)19-15/h5,7-10,12H,3-4,6H2,1-2H3,(H,17,18). The lowest BCUT2D eigenvalue weighted by molar-refractivity contribution is 0.392. The summed E-state index contributed by atoms with van der Waals surface area (Å²) in [5.74, 6) is 1.29. The summed E-state index contributed by atoms with van der Waals surface area (Å²) in [4.78, 5) is 4.49. The van der Waals surface area contributed by atoms with Gasteiger partial charge in [0.25, 0.3) is 0 Å². The van der Waals surface area contributed by atoms with Crippen molar-refractivity contribution in [1.82, 2.24) is 4.98 Å². The minimum absolute atomic E-state index is 0.218. The third-order valence-electron chi connectivity index (χ3n) is 4.41. The number of fused-ring (bicyclic) bond motifs is 1. The maximum absolute atomic E-state index is 13.2. The predicted octanol–water partition coefficient (Wildman–Crippen LogP) is 4.67. The third kappa shape index (κ3) is 2.46. The van der Waals surface area contributed by atoms with E-state index in [1.807, 2.05) is 0 Å². The number of hydrogen-bond donors (Lipinski definition) is 1. The zero-order chi connectivity index (χ0) is 13.4. The third-order valence-corrected chi connectivity index (χ3v) is 5.38. The Morgan fingerprint density at radius 2 is 2.26 bits per heavy atom. The molecule has 3 unspecified atom stereocenters. The van der Waals surface area contributed by atoms with Gasteiger partial charge in [0.1, 0.15) is 5.82 Å². The van der Waals surface area contributed by atoms with Gasteiger partial charge >= 0.3 is 0 Å². The molecule has 0 amide bonds. The van der Waals surface area contributed by atoms with Gasteiger partial charge < -0.3 is 5.32 Å². The lowest BCUT2D eigenvalue weighted by atomic mass is 9.94. The van der Waals surface area contributed by atoms with Crippen LogP contribution in [0.3, 0.4) is 0 Å². The highest BCUT2D eigenvalue weighted by Gasteiger charge is 2.31. The van der Waals surface area contributed by atoms with Gasteiger partial charge in [-0.1, -0.05) is 31.6 Å². The van der Waals surface area contributed by atoms with Crippen LogP contribution < -0.4 is 5.32 Å². The van der Waals surface area contributed by atoms with E-state index >= 15 is 0 Å². The van der Waals surface area contributed by atoms with Gasteiger partial charge in [0, 0.05) is 12.1 Å². The van der Waals surface area contributed by atoms with Gasteiger partial charge in [0.15, 0.2) is 5.13 Å². The molecule has 19 heavy (non-hydrogen) atoms. The fourth-order valence-electron chi connectivity index (χ4n) is 3.15. The Balaban J connectivity index is 1.78. The molecule has 0 spiro atoms. The number of halogens is 1. The van der Waals surface area contributed by atoms with Crippen molar-refractivity contribution in [1.29, 1.82) is 0 Å². The van der Waals surface area contributed by atoms with Gasteiger partial charge in [-0.2, -0.15) is 0 Å². The summed E-state index contributed by atoms with van der Waals surface area (Å²) in [6.45, 7) is 4.59. The number of aromatic nitrogens is 1. The van der Waals surface area contributed by atoms with Gasteiger partial charge in [-0.05, 0) is 36.8 Å². The van der Waals surface area contributed by atoms with Gasteiger partial charge in [-0.25, -0.2) is 9.37 Å². The lowest BCUT2D eigenvalue weighted by Crippen LogP contribution is -2.24. The zero-order valence-electron chi connectivity index (χ0n) is 11.3. The first-order chi connectivity index (χ1) is 9.17. The average Bonchev–Trinajstić information content (AvgIpc) is 2.93. The molecule has 0 bridgehead atoms. The van der Waals surface area contributed by atoms with Crippen LogP contribution in [-0.4, -0.2) is 11.0 Å². The van der Waals surface area contributed by atoms with E-state index in [2.05, 4.69) is 24.1 Å². The van der Waals surface area contributed by atoms with E-state index < -0.39 is 0 Å². The number of hydrogen-bond acceptors (Lipinski definition) is 3. The summed E-state index contributed by atoms with van der Waals surface area (Å²) in [5, 5.41) is 4.47. The molecule has 1 fully saturated rings. The highest BCUT2D eigenvalue weighted by Crippen LogP contribution is 2.37. The molecule has 1 saturated carbocycles. The van der Waals surface area contributed by atoms with Crippen LogP contribution in [-0.2, 0) is 0 Å². The first-order valence-electron chi connectivity index (χ1n) is 7.00. The normalized spacial score (nSPS) is 27.0. The lowest BCUT2D eigenvalue weighted by Gasteiger charge is -2.20. The summed E-state index contributed by atoms with van der Waals surface area (Å²) in [5.41, 5.74) is 0.755.